The van der Waals surface area contributed by atoms with Gasteiger partial charge in [0.15, 0.2) is 0 Å². The summed E-state index contributed by atoms with van der Waals surface area (Å²) in [4.78, 5) is 38.3. The Balaban J connectivity index is 1.27. The second-order valence-electron chi connectivity index (χ2n) is 7.59. The molecule has 0 bridgehead atoms. The van der Waals surface area contributed by atoms with Crippen LogP contribution in [0.4, 0.5) is 10.5 Å². The molecule has 0 unspecified atom stereocenters. The van der Waals surface area contributed by atoms with Gasteiger partial charge in [0.05, 0.1) is 0 Å². The molecular weight excluding hydrogens is 390 g/mol. The van der Waals surface area contributed by atoms with Crippen molar-refractivity contribution in [3.63, 3.8) is 0 Å². The van der Waals surface area contributed by atoms with Crippen molar-refractivity contribution in [2.45, 2.75) is 31.7 Å². The predicted molar refractivity (Wildman–Crippen MR) is 114 cm³/mol. The Labute approximate surface area is 173 Å². The van der Waals surface area contributed by atoms with E-state index in [0.717, 1.165) is 55.7 Å². The number of fused-ring (bicyclic) bond motifs is 1. The number of rotatable bonds is 3. The highest BCUT2D eigenvalue weighted by Gasteiger charge is 2.30. The van der Waals surface area contributed by atoms with Crippen LogP contribution in [0, 0.1) is 5.92 Å². The Kier molecular flexibility index (Phi) is 6.08. The van der Waals surface area contributed by atoms with E-state index in [2.05, 4.69) is 10.6 Å². The summed E-state index contributed by atoms with van der Waals surface area (Å²) < 4.78 is 5.10. The van der Waals surface area contributed by atoms with Crippen molar-refractivity contribution in [1.82, 2.24) is 10.2 Å². The molecule has 2 heterocycles. The van der Waals surface area contributed by atoms with Crippen molar-refractivity contribution in [1.29, 1.82) is 0 Å². The van der Waals surface area contributed by atoms with E-state index in [4.69, 9.17) is 4.42 Å². The van der Waals surface area contributed by atoms with Gasteiger partial charge < -0.3 is 20.0 Å². The van der Waals surface area contributed by atoms with Crippen LogP contribution < -0.4 is 16.3 Å². The zero-order chi connectivity index (χ0) is 20.2. The molecule has 2 aliphatic rings. The van der Waals surface area contributed by atoms with Gasteiger partial charge in [-0.2, -0.15) is 11.8 Å². The monoisotopic (exact) mass is 415 g/mol. The lowest BCUT2D eigenvalue weighted by Gasteiger charge is -2.34. The number of thioether (sulfide) groups is 1. The first-order valence-electron chi connectivity index (χ1n) is 10.1. The highest BCUT2D eigenvalue weighted by atomic mass is 32.2. The van der Waals surface area contributed by atoms with E-state index in [9.17, 15) is 14.4 Å². The molecule has 2 N–H and O–H groups in total. The maximum absolute atomic E-state index is 12.6. The predicted octanol–water partition coefficient (Wildman–Crippen LogP) is 3.05. The van der Waals surface area contributed by atoms with Crippen LogP contribution in [0.2, 0.25) is 0 Å². The largest absolute Gasteiger partial charge is 0.423 e. The van der Waals surface area contributed by atoms with Crippen LogP contribution in [-0.4, -0.2) is 47.5 Å². The average Bonchev–Trinajstić information content (AvgIpc) is 2.74. The number of hydrogen-bond donors (Lipinski definition) is 2. The minimum atomic E-state index is -0.399. The highest BCUT2D eigenvalue weighted by Crippen LogP contribution is 2.27. The summed E-state index contributed by atoms with van der Waals surface area (Å²) in [6.45, 7) is 1.72. The van der Waals surface area contributed by atoms with Crippen molar-refractivity contribution in [2.75, 3.05) is 29.9 Å². The zero-order valence-electron chi connectivity index (χ0n) is 16.2. The normalized spacial score (nSPS) is 22.3. The molecule has 1 aliphatic heterocycles. The first-order valence-corrected chi connectivity index (χ1v) is 11.2. The van der Waals surface area contributed by atoms with Gasteiger partial charge in [-0.25, -0.2) is 9.59 Å². The van der Waals surface area contributed by atoms with Crippen molar-refractivity contribution in [2.24, 2.45) is 5.92 Å². The van der Waals surface area contributed by atoms with Gasteiger partial charge in [0.25, 0.3) is 0 Å². The van der Waals surface area contributed by atoms with Crippen molar-refractivity contribution in [3.8, 4) is 0 Å². The fraction of sp³-hybridized carbons (Fsp3) is 0.476. The summed E-state index contributed by atoms with van der Waals surface area (Å²) >= 11 is 1.90. The second kappa shape index (κ2) is 8.90. The number of amides is 3. The molecule has 4 rings (SSSR count). The Morgan fingerprint density at radius 2 is 1.79 bits per heavy atom. The minimum Gasteiger partial charge on any atom is -0.423 e. The van der Waals surface area contributed by atoms with Gasteiger partial charge in [-0.05, 0) is 49.9 Å². The lowest BCUT2D eigenvalue weighted by molar-refractivity contribution is -0.136. The molecule has 0 radical (unpaired) electrons. The molecule has 1 aromatic carbocycles. The van der Waals surface area contributed by atoms with Crippen LogP contribution in [0.5, 0.6) is 0 Å². The summed E-state index contributed by atoms with van der Waals surface area (Å²) in [6.07, 6.45) is 3.27. The molecule has 1 saturated carbocycles. The molecule has 7 nitrogen and oxygen atoms in total. The second-order valence-corrected chi connectivity index (χ2v) is 8.82. The number of nitrogens with zero attached hydrogens (tertiary/aromatic N) is 1. The van der Waals surface area contributed by atoms with Crippen molar-refractivity contribution < 1.29 is 14.0 Å². The highest BCUT2D eigenvalue weighted by molar-refractivity contribution is 7.99. The molecule has 0 atom stereocenters. The van der Waals surface area contributed by atoms with Gasteiger partial charge in [0.2, 0.25) is 5.91 Å². The number of anilines is 1. The molecule has 29 heavy (non-hydrogen) atoms. The molecule has 2 aromatic rings. The summed E-state index contributed by atoms with van der Waals surface area (Å²) in [5, 5.41) is 6.59. The average molecular weight is 416 g/mol. The Hall–Kier alpha value is -2.48. The molecule has 8 heteroatoms. The SMILES string of the molecule is O=C(Nc1ccc2oc(=O)ccc2c1)NC1CCC(C(=O)N2CCSCC2)CC1. The van der Waals surface area contributed by atoms with E-state index in [1.807, 2.05) is 16.7 Å². The lowest BCUT2D eigenvalue weighted by Crippen LogP contribution is -2.45. The van der Waals surface area contributed by atoms with E-state index >= 15 is 0 Å². The van der Waals surface area contributed by atoms with Crippen LogP contribution in [0.25, 0.3) is 11.0 Å². The number of nitrogens with one attached hydrogen (secondary N) is 2. The Bertz CT molecular complexity index is 946. The quantitative estimate of drug-likeness (QED) is 0.752. The minimum absolute atomic E-state index is 0.0782. The number of benzene rings is 1. The van der Waals surface area contributed by atoms with Crippen LogP contribution in [0.15, 0.2) is 39.5 Å². The van der Waals surface area contributed by atoms with Crippen LogP contribution in [0.1, 0.15) is 25.7 Å². The van der Waals surface area contributed by atoms with E-state index < -0.39 is 5.63 Å². The smallest absolute Gasteiger partial charge is 0.336 e. The third-order valence-corrected chi connectivity index (χ3v) is 6.55. The van der Waals surface area contributed by atoms with Crippen LogP contribution >= 0.6 is 11.8 Å². The molecular formula is C21H25N3O4S. The summed E-state index contributed by atoms with van der Waals surface area (Å²) in [6, 6.07) is 7.99. The van der Waals surface area contributed by atoms with Gasteiger partial charge >= 0.3 is 11.7 Å². The topological polar surface area (TPSA) is 91.6 Å². The maximum Gasteiger partial charge on any atom is 0.336 e. The molecule has 1 saturated heterocycles. The number of urea groups is 1. The van der Waals surface area contributed by atoms with Crippen LogP contribution in [0.3, 0.4) is 0 Å². The first kappa shape index (κ1) is 19.8. The van der Waals surface area contributed by atoms with E-state index in [1.165, 1.54) is 6.07 Å². The van der Waals surface area contributed by atoms with Crippen molar-refractivity contribution >= 4 is 40.4 Å². The first-order chi connectivity index (χ1) is 14.1. The van der Waals surface area contributed by atoms with Gasteiger partial charge in [-0.1, -0.05) is 0 Å². The molecule has 1 aliphatic carbocycles. The molecule has 2 fully saturated rings. The standard InChI is InChI=1S/C21H25N3O4S/c25-19-8-3-15-13-17(6-7-18(15)28-19)23-21(27)22-16-4-1-14(2-5-16)20(26)24-9-11-29-12-10-24/h3,6-8,13-14,16H,1-2,4-5,9-12H2,(H2,22,23,27). The maximum atomic E-state index is 12.6. The number of hydrogen-bond acceptors (Lipinski definition) is 5. The molecule has 154 valence electrons. The third-order valence-electron chi connectivity index (χ3n) is 5.61. The lowest BCUT2D eigenvalue weighted by atomic mass is 9.85. The fourth-order valence-corrected chi connectivity index (χ4v) is 4.93. The third kappa shape index (κ3) is 4.93. The Morgan fingerprint density at radius 3 is 2.55 bits per heavy atom. The van der Waals surface area contributed by atoms with Gasteiger partial charge in [0, 0.05) is 53.7 Å². The van der Waals surface area contributed by atoms with Crippen LogP contribution in [-0.2, 0) is 4.79 Å². The van der Waals surface area contributed by atoms with Gasteiger partial charge in [-0.3, -0.25) is 4.79 Å². The fourth-order valence-electron chi connectivity index (χ4n) is 4.03. The van der Waals surface area contributed by atoms with Gasteiger partial charge in [-0.15, -0.1) is 0 Å². The zero-order valence-corrected chi connectivity index (χ0v) is 17.0. The van der Waals surface area contributed by atoms with E-state index in [-0.39, 0.29) is 23.9 Å². The Morgan fingerprint density at radius 1 is 1.03 bits per heavy atom. The van der Waals surface area contributed by atoms with E-state index in [1.54, 1.807) is 24.3 Å². The molecule has 0 spiro atoms. The molecule has 3 amide bonds. The van der Waals surface area contributed by atoms with Crippen molar-refractivity contribution in [3.05, 3.63) is 40.8 Å². The number of carbonyl (C=O) groups excluding carboxylic acids is 2. The molecule has 1 aromatic heterocycles. The van der Waals surface area contributed by atoms with E-state index in [0.29, 0.717) is 11.3 Å². The summed E-state index contributed by atoms with van der Waals surface area (Å²) in [5.41, 5.74) is 0.721. The van der Waals surface area contributed by atoms with Gasteiger partial charge in [0.1, 0.15) is 5.58 Å². The summed E-state index contributed by atoms with van der Waals surface area (Å²) in [7, 11) is 0. The number of carbonyl (C=O) groups is 2. The summed E-state index contributed by atoms with van der Waals surface area (Å²) in [5.74, 6) is 2.44.